The number of anilines is 2. The lowest BCUT2D eigenvalue weighted by molar-refractivity contribution is 0.102. The predicted octanol–water partition coefficient (Wildman–Crippen LogP) is 5.52. The van der Waals surface area contributed by atoms with Crippen LogP contribution < -0.4 is 10.6 Å². The zero-order chi connectivity index (χ0) is 19.4. The van der Waals surface area contributed by atoms with Crippen molar-refractivity contribution in [3.05, 3.63) is 82.5 Å². The van der Waals surface area contributed by atoms with Crippen LogP contribution in [0.2, 0.25) is 0 Å². The number of rotatable bonds is 5. The molecule has 3 aromatic rings. The van der Waals surface area contributed by atoms with Crippen molar-refractivity contribution in [2.45, 2.75) is 19.8 Å². The number of nitrogens with one attached hydrogen (secondary N) is 2. The van der Waals surface area contributed by atoms with E-state index in [1.807, 2.05) is 12.1 Å². The highest BCUT2D eigenvalue weighted by Crippen LogP contribution is 2.26. The zero-order valence-electron chi connectivity index (χ0n) is 15.0. The molecule has 1 aromatic heterocycles. The molecule has 2 aromatic carbocycles. The van der Waals surface area contributed by atoms with Crippen LogP contribution in [0.15, 0.2) is 60.0 Å². The molecule has 0 atom stereocenters. The number of thiophene rings is 1. The van der Waals surface area contributed by atoms with Gasteiger partial charge in [-0.15, -0.1) is 11.3 Å². The summed E-state index contributed by atoms with van der Waals surface area (Å²) in [5, 5.41) is 7.41. The van der Waals surface area contributed by atoms with Crippen molar-refractivity contribution in [2.24, 2.45) is 0 Å². The van der Waals surface area contributed by atoms with Gasteiger partial charge in [0.2, 0.25) is 0 Å². The minimum absolute atomic E-state index is 0.0928. The Morgan fingerprint density at radius 1 is 0.926 bits per heavy atom. The Kier molecular flexibility index (Phi) is 5.66. The molecule has 0 aliphatic heterocycles. The molecule has 3 rings (SSSR count). The first-order valence-corrected chi connectivity index (χ1v) is 9.38. The summed E-state index contributed by atoms with van der Waals surface area (Å²) in [4.78, 5) is 24.9. The van der Waals surface area contributed by atoms with Gasteiger partial charge < -0.3 is 10.6 Å². The summed E-state index contributed by atoms with van der Waals surface area (Å²) in [7, 11) is 0. The molecule has 6 heteroatoms. The maximum atomic E-state index is 13.7. The van der Waals surface area contributed by atoms with E-state index in [0.29, 0.717) is 16.5 Å². The normalized spacial score (nSPS) is 10.7. The molecule has 0 aliphatic rings. The van der Waals surface area contributed by atoms with Crippen LogP contribution >= 0.6 is 11.3 Å². The van der Waals surface area contributed by atoms with Gasteiger partial charge in [-0.05, 0) is 47.2 Å². The van der Waals surface area contributed by atoms with Gasteiger partial charge >= 0.3 is 0 Å². The van der Waals surface area contributed by atoms with E-state index in [1.165, 1.54) is 23.5 Å². The molecule has 0 unspecified atom stereocenters. The number of carbonyl (C=O) groups excluding carboxylic acids is 2. The van der Waals surface area contributed by atoms with Crippen molar-refractivity contribution in [1.29, 1.82) is 0 Å². The number of hydrogen-bond acceptors (Lipinski definition) is 3. The Bertz CT molecular complexity index is 964. The quantitative estimate of drug-likeness (QED) is 0.611. The monoisotopic (exact) mass is 382 g/mol. The minimum Gasteiger partial charge on any atom is -0.319 e. The SMILES string of the molecule is CC(C)c1ccc(C(=O)Nc2sccc2C(=O)Nc2ccccc2F)cc1. The van der Waals surface area contributed by atoms with E-state index in [2.05, 4.69) is 24.5 Å². The smallest absolute Gasteiger partial charge is 0.258 e. The summed E-state index contributed by atoms with van der Waals surface area (Å²) < 4.78 is 13.7. The molecule has 1 heterocycles. The van der Waals surface area contributed by atoms with Crippen molar-refractivity contribution in [3.8, 4) is 0 Å². The van der Waals surface area contributed by atoms with Crippen LogP contribution in [-0.2, 0) is 0 Å². The maximum absolute atomic E-state index is 13.7. The lowest BCUT2D eigenvalue weighted by Crippen LogP contribution is -2.17. The average molecular weight is 382 g/mol. The van der Waals surface area contributed by atoms with Crippen LogP contribution in [0.25, 0.3) is 0 Å². The first-order chi connectivity index (χ1) is 13.0. The molecular formula is C21H19FN2O2S. The van der Waals surface area contributed by atoms with Gasteiger partial charge in [-0.3, -0.25) is 9.59 Å². The van der Waals surface area contributed by atoms with Crippen LogP contribution in [0.1, 0.15) is 46.0 Å². The first-order valence-electron chi connectivity index (χ1n) is 8.50. The highest BCUT2D eigenvalue weighted by atomic mass is 32.1. The van der Waals surface area contributed by atoms with Gasteiger partial charge in [0.15, 0.2) is 0 Å². The van der Waals surface area contributed by atoms with Crippen LogP contribution in [-0.4, -0.2) is 11.8 Å². The molecule has 27 heavy (non-hydrogen) atoms. The molecule has 0 fully saturated rings. The van der Waals surface area contributed by atoms with Crippen molar-refractivity contribution in [2.75, 3.05) is 10.6 Å². The summed E-state index contributed by atoms with van der Waals surface area (Å²) in [6.45, 7) is 4.17. The third-order valence-corrected chi connectivity index (χ3v) is 4.93. The largest absolute Gasteiger partial charge is 0.319 e. The Hall–Kier alpha value is -2.99. The second-order valence-electron chi connectivity index (χ2n) is 6.33. The summed E-state index contributed by atoms with van der Waals surface area (Å²) in [5.74, 6) is -0.913. The summed E-state index contributed by atoms with van der Waals surface area (Å²) in [5.41, 5.74) is 2.03. The molecule has 0 bridgehead atoms. The summed E-state index contributed by atoms with van der Waals surface area (Å²) in [6, 6.07) is 14.9. The molecular weight excluding hydrogens is 363 g/mol. The third-order valence-electron chi connectivity index (χ3n) is 4.10. The Morgan fingerprint density at radius 2 is 1.63 bits per heavy atom. The predicted molar refractivity (Wildman–Crippen MR) is 107 cm³/mol. The van der Waals surface area contributed by atoms with Gasteiger partial charge in [-0.2, -0.15) is 0 Å². The van der Waals surface area contributed by atoms with E-state index >= 15 is 0 Å². The molecule has 2 N–H and O–H groups in total. The fraction of sp³-hybridized carbons (Fsp3) is 0.143. The van der Waals surface area contributed by atoms with Gasteiger partial charge in [0.25, 0.3) is 11.8 Å². The van der Waals surface area contributed by atoms with E-state index in [-0.39, 0.29) is 17.2 Å². The Morgan fingerprint density at radius 3 is 2.30 bits per heavy atom. The Balaban J connectivity index is 1.73. The highest BCUT2D eigenvalue weighted by Gasteiger charge is 2.17. The maximum Gasteiger partial charge on any atom is 0.258 e. The van der Waals surface area contributed by atoms with Crippen LogP contribution in [0, 0.1) is 5.82 Å². The fourth-order valence-corrected chi connectivity index (χ4v) is 3.31. The topological polar surface area (TPSA) is 58.2 Å². The van der Waals surface area contributed by atoms with Gasteiger partial charge in [-0.1, -0.05) is 38.1 Å². The average Bonchev–Trinajstić information content (AvgIpc) is 3.12. The van der Waals surface area contributed by atoms with Gasteiger partial charge in [0, 0.05) is 5.56 Å². The second-order valence-corrected chi connectivity index (χ2v) is 7.24. The number of hydrogen-bond donors (Lipinski definition) is 2. The molecule has 0 saturated carbocycles. The molecule has 4 nitrogen and oxygen atoms in total. The lowest BCUT2D eigenvalue weighted by Gasteiger charge is -2.09. The number of carbonyl (C=O) groups is 2. The van der Waals surface area contributed by atoms with Crippen molar-refractivity contribution in [3.63, 3.8) is 0 Å². The van der Waals surface area contributed by atoms with Gasteiger partial charge in [0.05, 0.1) is 11.3 Å². The Labute approximate surface area is 161 Å². The molecule has 0 aliphatic carbocycles. The number of halogens is 1. The zero-order valence-corrected chi connectivity index (χ0v) is 15.8. The summed E-state index contributed by atoms with van der Waals surface area (Å²) >= 11 is 1.24. The van der Waals surface area contributed by atoms with E-state index in [1.54, 1.807) is 35.7 Å². The molecule has 138 valence electrons. The van der Waals surface area contributed by atoms with Crippen LogP contribution in [0.4, 0.5) is 15.1 Å². The standard InChI is InChI=1S/C21H19FN2O2S/c1-13(2)14-7-9-15(10-8-14)19(25)24-21-16(11-12-27-21)20(26)23-18-6-4-3-5-17(18)22/h3-13H,1-2H3,(H,23,26)(H,24,25). The molecule has 2 amide bonds. The highest BCUT2D eigenvalue weighted by molar-refractivity contribution is 7.14. The van der Waals surface area contributed by atoms with Crippen LogP contribution in [0.3, 0.4) is 0 Å². The molecule has 0 radical (unpaired) electrons. The minimum atomic E-state index is -0.517. The van der Waals surface area contributed by atoms with E-state index < -0.39 is 11.7 Å². The van der Waals surface area contributed by atoms with E-state index in [4.69, 9.17) is 0 Å². The van der Waals surface area contributed by atoms with Crippen molar-refractivity contribution >= 4 is 33.8 Å². The number of para-hydroxylation sites is 1. The van der Waals surface area contributed by atoms with Crippen molar-refractivity contribution < 1.29 is 14.0 Å². The van der Waals surface area contributed by atoms with Gasteiger partial charge in [-0.25, -0.2) is 4.39 Å². The third kappa shape index (κ3) is 4.41. The van der Waals surface area contributed by atoms with Crippen LogP contribution in [0.5, 0.6) is 0 Å². The second kappa shape index (κ2) is 8.14. The summed E-state index contributed by atoms with van der Waals surface area (Å²) in [6.07, 6.45) is 0. The molecule has 0 saturated heterocycles. The molecule has 0 spiro atoms. The fourth-order valence-electron chi connectivity index (χ4n) is 2.53. The number of amides is 2. The van der Waals surface area contributed by atoms with Crippen molar-refractivity contribution in [1.82, 2.24) is 0 Å². The first kappa shape index (κ1) is 18.8. The van der Waals surface area contributed by atoms with E-state index in [9.17, 15) is 14.0 Å². The van der Waals surface area contributed by atoms with Gasteiger partial charge in [0.1, 0.15) is 10.8 Å². The number of benzene rings is 2. The van der Waals surface area contributed by atoms with E-state index in [0.717, 1.165) is 5.56 Å². The lowest BCUT2D eigenvalue weighted by atomic mass is 10.0.